The highest BCUT2D eigenvalue weighted by atomic mass is 35.5. The van der Waals surface area contributed by atoms with Crippen molar-refractivity contribution in [2.45, 2.75) is 17.7 Å². The number of ether oxygens (including phenoxy) is 1. The molecule has 11 heteroatoms. The van der Waals surface area contributed by atoms with Gasteiger partial charge in [-0.2, -0.15) is 0 Å². The minimum atomic E-state index is -0.219. The Morgan fingerprint density at radius 2 is 2.03 bits per heavy atom. The molecule has 0 bridgehead atoms. The maximum atomic E-state index is 12.8. The molecule has 0 saturated heterocycles. The Morgan fingerprint density at radius 3 is 2.74 bits per heavy atom. The van der Waals surface area contributed by atoms with Crippen LogP contribution >= 0.6 is 23.4 Å². The largest absolute Gasteiger partial charge is 0.487 e. The molecule has 34 heavy (non-hydrogen) atoms. The van der Waals surface area contributed by atoms with E-state index in [0.717, 1.165) is 12.2 Å². The van der Waals surface area contributed by atoms with Crippen molar-refractivity contribution in [1.29, 1.82) is 0 Å². The molecule has 1 amide bonds. The number of aromatic nitrogens is 4. The summed E-state index contributed by atoms with van der Waals surface area (Å²) in [6, 6.07) is 10.8. The van der Waals surface area contributed by atoms with E-state index in [1.165, 1.54) is 16.3 Å². The Labute approximate surface area is 206 Å². The number of benzene rings is 1. The number of allylic oxidation sites excluding steroid dienone is 1. The molecule has 1 atom stereocenters. The summed E-state index contributed by atoms with van der Waals surface area (Å²) in [6.45, 7) is 1.42. The molecule has 1 aliphatic rings. The topological polar surface area (TPSA) is 94.3 Å². The summed E-state index contributed by atoms with van der Waals surface area (Å²) in [7, 11) is 3.90. The molecule has 0 saturated carbocycles. The summed E-state index contributed by atoms with van der Waals surface area (Å²) in [4.78, 5) is 27.6. The van der Waals surface area contributed by atoms with E-state index in [4.69, 9.17) is 16.3 Å². The maximum Gasteiger partial charge on any atom is 0.297 e. The molecule has 2 aromatic heterocycles. The molecule has 3 aromatic rings. The average Bonchev–Trinajstić information content (AvgIpc) is 3.48. The zero-order valence-electron chi connectivity index (χ0n) is 18.8. The molecule has 1 unspecified atom stereocenters. The first-order valence-corrected chi connectivity index (χ1v) is 12.0. The molecule has 0 aliphatic carbocycles. The van der Waals surface area contributed by atoms with Crippen LogP contribution in [0.5, 0.6) is 5.75 Å². The summed E-state index contributed by atoms with van der Waals surface area (Å²) in [6.07, 6.45) is 5.98. The van der Waals surface area contributed by atoms with Crippen LogP contribution in [-0.2, 0) is 11.3 Å². The number of carbonyl (C=O) groups excluding carboxylic acids is 1. The predicted octanol–water partition coefficient (Wildman–Crippen LogP) is 2.56. The highest BCUT2D eigenvalue weighted by molar-refractivity contribution is 8.05. The van der Waals surface area contributed by atoms with Gasteiger partial charge in [0.2, 0.25) is 0 Å². The van der Waals surface area contributed by atoms with Crippen molar-refractivity contribution in [3.63, 3.8) is 0 Å². The number of thioether (sulfide) groups is 1. The van der Waals surface area contributed by atoms with Crippen molar-refractivity contribution in [1.82, 2.24) is 29.8 Å². The first-order chi connectivity index (χ1) is 16.4. The highest BCUT2D eigenvalue weighted by Crippen LogP contribution is 2.34. The van der Waals surface area contributed by atoms with Gasteiger partial charge in [-0.05, 0) is 56.9 Å². The lowest BCUT2D eigenvalue weighted by molar-refractivity contribution is -0.117. The van der Waals surface area contributed by atoms with Crippen molar-refractivity contribution < 1.29 is 9.53 Å². The van der Waals surface area contributed by atoms with Crippen LogP contribution in [0.15, 0.2) is 64.6 Å². The van der Waals surface area contributed by atoms with E-state index >= 15 is 0 Å². The van der Waals surface area contributed by atoms with Crippen LogP contribution in [0, 0.1) is 0 Å². The standard InChI is InChI=1S/C23H25ClN6O3S/c1-28(2)12-13-33-19-4-3-11-29(23(19)32)17-5-7-18(8-6-17)30-15-16(26-27-30)14-25-22(31)20-9-10-21(24)34-20/h3-9,11,15,21H,10,12-14H2,1-2H3,(H,25,31). The van der Waals surface area contributed by atoms with Crippen molar-refractivity contribution in [2.24, 2.45) is 0 Å². The van der Waals surface area contributed by atoms with Gasteiger partial charge >= 0.3 is 0 Å². The lowest BCUT2D eigenvalue weighted by Gasteiger charge is -2.12. The number of rotatable bonds is 9. The van der Waals surface area contributed by atoms with Crippen molar-refractivity contribution >= 4 is 29.3 Å². The number of nitrogens with one attached hydrogen (secondary N) is 1. The first kappa shape index (κ1) is 24.1. The van der Waals surface area contributed by atoms with Gasteiger partial charge in [0.1, 0.15) is 12.3 Å². The van der Waals surface area contributed by atoms with E-state index in [1.54, 1.807) is 29.2 Å². The fraction of sp³-hybridized carbons (Fsp3) is 0.304. The van der Waals surface area contributed by atoms with Crippen LogP contribution in [-0.4, -0.2) is 62.3 Å². The normalized spacial score (nSPS) is 15.4. The van der Waals surface area contributed by atoms with Crippen LogP contribution < -0.4 is 15.6 Å². The summed E-state index contributed by atoms with van der Waals surface area (Å²) < 4.78 is 8.72. The fourth-order valence-electron chi connectivity index (χ4n) is 3.23. The summed E-state index contributed by atoms with van der Waals surface area (Å²) in [5.74, 6) is 0.148. The average molecular weight is 501 g/mol. The SMILES string of the molecule is CN(C)CCOc1cccn(-c2ccc(-n3cc(CNC(=O)C4=CCC(Cl)S4)nn3)cc2)c1=O. The summed E-state index contributed by atoms with van der Waals surface area (Å²) in [5.41, 5.74) is 1.89. The van der Waals surface area contributed by atoms with Gasteiger partial charge in [-0.1, -0.05) is 11.3 Å². The third kappa shape index (κ3) is 5.88. The van der Waals surface area contributed by atoms with Gasteiger partial charge in [0.05, 0.1) is 28.0 Å². The van der Waals surface area contributed by atoms with Crippen molar-refractivity contribution in [2.75, 3.05) is 27.2 Å². The quantitative estimate of drug-likeness (QED) is 0.451. The third-order valence-electron chi connectivity index (χ3n) is 5.04. The molecule has 0 radical (unpaired) electrons. The third-order valence-corrected chi connectivity index (χ3v) is 6.54. The second-order valence-electron chi connectivity index (χ2n) is 7.88. The summed E-state index contributed by atoms with van der Waals surface area (Å²) in [5, 5.41) is 11.1. The van der Waals surface area contributed by atoms with Crippen LogP contribution in [0.25, 0.3) is 11.4 Å². The number of hydrogen-bond donors (Lipinski definition) is 1. The van der Waals surface area contributed by atoms with Gasteiger partial charge in [-0.25, -0.2) is 4.68 Å². The molecule has 9 nitrogen and oxygen atoms in total. The van der Waals surface area contributed by atoms with Crippen LogP contribution in [0.1, 0.15) is 12.1 Å². The van der Waals surface area contributed by atoms with Gasteiger partial charge in [-0.15, -0.1) is 28.5 Å². The van der Waals surface area contributed by atoms with E-state index in [0.29, 0.717) is 35.1 Å². The van der Waals surface area contributed by atoms with Gasteiger partial charge in [0.25, 0.3) is 11.5 Å². The van der Waals surface area contributed by atoms with E-state index < -0.39 is 0 Å². The number of halogens is 1. The molecule has 0 fully saturated rings. The van der Waals surface area contributed by atoms with E-state index in [9.17, 15) is 9.59 Å². The minimum absolute atomic E-state index is 0.0847. The van der Waals surface area contributed by atoms with Gasteiger partial charge < -0.3 is 15.0 Å². The number of carbonyl (C=O) groups is 1. The van der Waals surface area contributed by atoms with Crippen LogP contribution in [0.3, 0.4) is 0 Å². The monoisotopic (exact) mass is 500 g/mol. The predicted molar refractivity (Wildman–Crippen MR) is 133 cm³/mol. The molecule has 3 heterocycles. The Balaban J connectivity index is 1.40. The van der Waals surface area contributed by atoms with Gasteiger partial charge in [0.15, 0.2) is 5.75 Å². The Hall–Kier alpha value is -3.08. The Bertz CT molecular complexity index is 1240. The van der Waals surface area contributed by atoms with Gasteiger partial charge in [0, 0.05) is 18.4 Å². The number of pyridine rings is 1. The molecule has 0 spiro atoms. The minimum Gasteiger partial charge on any atom is -0.487 e. The van der Waals surface area contributed by atoms with Crippen molar-refractivity contribution in [3.8, 4) is 17.1 Å². The molecular formula is C23H25ClN6O3S. The molecule has 1 N–H and O–H groups in total. The second kappa shape index (κ2) is 10.9. The second-order valence-corrected chi connectivity index (χ2v) is 9.92. The maximum absolute atomic E-state index is 12.8. The van der Waals surface area contributed by atoms with Crippen molar-refractivity contribution in [3.05, 3.63) is 75.8 Å². The summed E-state index contributed by atoms with van der Waals surface area (Å²) >= 11 is 7.37. The van der Waals surface area contributed by atoms with Gasteiger partial charge in [-0.3, -0.25) is 14.2 Å². The first-order valence-electron chi connectivity index (χ1n) is 10.7. The number of alkyl halides is 1. The van der Waals surface area contributed by atoms with E-state index in [2.05, 4.69) is 15.6 Å². The van der Waals surface area contributed by atoms with Crippen LogP contribution in [0.4, 0.5) is 0 Å². The number of nitrogens with zero attached hydrogens (tertiary/aromatic N) is 5. The highest BCUT2D eigenvalue weighted by Gasteiger charge is 2.20. The molecule has 178 valence electrons. The van der Waals surface area contributed by atoms with E-state index in [1.807, 2.05) is 49.3 Å². The smallest absolute Gasteiger partial charge is 0.297 e. The molecule has 4 rings (SSSR count). The number of hydrogen-bond acceptors (Lipinski definition) is 7. The Morgan fingerprint density at radius 1 is 1.26 bits per heavy atom. The Kier molecular flexibility index (Phi) is 7.71. The molecule has 1 aliphatic heterocycles. The fourth-order valence-corrected chi connectivity index (χ4v) is 4.45. The number of likely N-dealkylation sites (N-methyl/N-ethyl adjacent to an activating group) is 1. The lowest BCUT2D eigenvalue weighted by atomic mass is 10.2. The zero-order valence-corrected chi connectivity index (χ0v) is 20.4. The number of amides is 1. The van der Waals surface area contributed by atoms with E-state index in [-0.39, 0.29) is 22.7 Å². The lowest BCUT2D eigenvalue weighted by Crippen LogP contribution is -2.24. The zero-order chi connectivity index (χ0) is 24.1. The molecule has 1 aromatic carbocycles. The molecular weight excluding hydrogens is 476 g/mol. The van der Waals surface area contributed by atoms with Crippen LogP contribution in [0.2, 0.25) is 0 Å².